The third-order valence-electron chi connectivity index (χ3n) is 5.63. The van der Waals surface area contributed by atoms with Gasteiger partial charge >= 0.3 is 0 Å². The van der Waals surface area contributed by atoms with E-state index in [1.807, 2.05) is 30.7 Å². The number of nitrogens with zero attached hydrogens (tertiary/aromatic N) is 5. The number of piperidine rings is 1. The first kappa shape index (κ1) is 25.5. The van der Waals surface area contributed by atoms with Crippen molar-refractivity contribution in [2.75, 3.05) is 46.9 Å². The summed E-state index contributed by atoms with van der Waals surface area (Å²) < 4.78 is 8.24. The largest absolute Gasteiger partial charge is 0.492 e. The molecule has 3 rings (SSSR count). The van der Waals surface area contributed by atoms with E-state index < -0.39 is 0 Å². The number of halogens is 1. The van der Waals surface area contributed by atoms with Gasteiger partial charge in [-0.1, -0.05) is 25.1 Å². The Morgan fingerprint density at radius 2 is 2.13 bits per heavy atom. The van der Waals surface area contributed by atoms with Crippen LogP contribution in [0.3, 0.4) is 0 Å². The number of hydrogen-bond donors (Lipinski definition) is 1. The van der Waals surface area contributed by atoms with Crippen molar-refractivity contribution in [1.29, 1.82) is 0 Å². The second-order valence-corrected chi connectivity index (χ2v) is 8.22. The van der Waals surface area contributed by atoms with E-state index in [1.54, 1.807) is 0 Å². The smallest absolute Gasteiger partial charge is 0.194 e. The fraction of sp³-hybridized carbons (Fsp3) is 0.565. The number of benzene rings is 1. The predicted octanol–water partition coefficient (Wildman–Crippen LogP) is 3.49. The molecule has 7 nitrogen and oxygen atoms in total. The number of hydrogen-bond acceptors (Lipinski definition) is 4. The number of para-hydroxylation sites is 1. The summed E-state index contributed by atoms with van der Waals surface area (Å²) in [4.78, 5) is 13.7. The summed E-state index contributed by atoms with van der Waals surface area (Å²) in [5.74, 6) is 2.50. The standard InChI is InChI=1S/C23H36N6O.HI/c1-5-25-23(28-12-10-19(2)21(17-28)29-13-11-24-18-29)26-16-20-8-6-7-9-22(20)30-15-14-27(3)4;/h6-9,11,13,18-19,21H,5,10,12,14-17H2,1-4H3,(H,25,26);1H. The number of likely N-dealkylation sites (tertiary alicyclic amines) is 1. The first-order chi connectivity index (χ1) is 14.6. The molecule has 0 amide bonds. The van der Waals surface area contributed by atoms with Gasteiger partial charge in [0, 0.05) is 44.1 Å². The number of nitrogens with one attached hydrogen (secondary N) is 1. The van der Waals surface area contributed by atoms with Crippen LogP contribution in [0.25, 0.3) is 0 Å². The quantitative estimate of drug-likeness (QED) is 0.316. The number of guanidine groups is 1. The van der Waals surface area contributed by atoms with Crippen molar-refractivity contribution in [2.45, 2.75) is 32.9 Å². The Morgan fingerprint density at radius 3 is 2.84 bits per heavy atom. The third kappa shape index (κ3) is 7.38. The number of likely N-dealkylation sites (N-methyl/N-ethyl adjacent to an activating group) is 1. The van der Waals surface area contributed by atoms with Crippen molar-refractivity contribution in [2.24, 2.45) is 10.9 Å². The van der Waals surface area contributed by atoms with Crippen molar-refractivity contribution >= 4 is 29.9 Å². The van der Waals surface area contributed by atoms with Crippen molar-refractivity contribution in [3.8, 4) is 5.75 Å². The number of ether oxygens (including phenoxy) is 1. The van der Waals surface area contributed by atoms with Crippen LogP contribution in [0, 0.1) is 5.92 Å². The van der Waals surface area contributed by atoms with Gasteiger partial charge in [0.2, 0.25) is 0 Å². The Kier molecular flexibility index (Phi) is 10.6. The zero-order valence-corrected chi connectivity index (χ0v) is 21.5. The monoisotopic (exact) mass is 540 g/mol. The summed E-state index contributed by atoms with van der Waals surface area (Å²) in [6.45, 7) is 9.40. The summed E-state index contributed by atoms with van der Waals surface area (Å²) in [6.07, 6.45) is 6.99. The Balaban J connectivity index is 0.00000341. The molecule has 0 saturated carbocycles. The second-order valence-electron chi connectivity index (χ2n) is 8.22. The molecule has 8 heteroatoms. The summed E-state index contributed by atoms with van der Waals surface area (Å²) in [5.41, 5.74) is 1.11. The van der Waals surface area contributed by atoms with Gasteiger partial charge in [-0.05, 0) is 39.4 Å². The Bertz CT molecular complexity index is 795. The SMILES string of the molecule is CCNC(=NCc1ccccc1OCCN(C)C)N1CCC(C)C(n2ccnc2)C1.I. The van der Waals surface area contributed by atoms with E-state index in [9.17, 15) is 0 Å². The van der Waals surface area contributed by atoms with E-state index in [0.717, 1.165) is 49.9 Å². The zero-order valence-electron chi connectivity index (χ0n) is 19.2. The average molecular weight is 540 g/mol. The highest BCUT2D eigenvalue weighted by Crippen LogP contribution is 2.27. The van der Waals surface area contributed by atoms with Crippen LogP contribution in [-0.2, 0) is 6.54 Å². The number of aliphatic imine (C=N–C) groups is 1. The molecule has 1 N–H and O–H groups in total. The lowest BCUT2D eigenvalue weighted by molar-refractivity contribution is 0.189. The average Bonchev–Trinajstić information content (AvgIpc) is 3.27. The molecule has 2 heterocycles. The van der Waals surface area contributed by atoms with Gasteiger partial charge in [-0.25, -0.2) is 9.98 Å². The minimum absolute atomic E-state index is 0. The molecule has 0 aliphatic carbocycles. The Morgan fingerprint density at radius 1 is 1.32 bits per heavy atom. The highest BCUT2D eigenvalue weighted by molar-refractivity contribution is 14.0. The van der Waals surface area contributed by atoms with Gasteiger partial charge in [-0.15, -0.1) is 24.0 Å². The number of rotatable bonds is 8. The van der Waals surface area contributed by atoms with Gasteiger partial charge in [0.15, 0.2) is 5.96 Å². The highest BCUT2D eigenvalue weighted by Gasteiger charge is 2.28. The minimum Gasteiger partial charge on any atom is -0.492 e. The molecule has 0 spiro atoms. The van der Waals surface area contributed by atoms with Crippen LogP contribution in [0.4, 0.5) is 0 Å². The maximum Gasteiger partial charge on any atom is 0.194 e. The van der Waals surface area contributed by atoms with Crippen LogP contribution in [0.1, 0.15) is 31.9 Å². The number of imidazole rings is 1. The van der Waals surface area contributed by atoms with E-state index in [1.165, 1.54) is 0 Å². The first-order valence-corrected chi connectivity index (χ1v) is 10.9. The van der Waals surface area contributed by atoms with E-state index in [-0.39, 0.29) is 24.0 Å². The normalized spacial score (nSPS) is 19.3. The van der Waals surface area contributed by atoms with Crippen LogP contribution in [0.5, 0.6) is 5.75 Å². The van der Waals surface area contributed by atoms with Crippen molar-refractivity contribution in [1.82, 2.24) is 24.7 Å². The fourth-order valence-corrected chi connectivity index (χ4v) is 3.79. The van der Waals surface area contributed by atoms with Crippen LogP contribution in [0.15, 0.2) is 48.0 Å². The molecule has 2 atom stereocenters. The van der Waals surface area contributed by atoms with E-state index in [2.05, 4.69) is 64.9 Å². The van der Waals surface area contributed by atoms with Gasteiger partial charge in [0.25, 0.3) is 0 Å². The lowest BCUT2D eigenvalue weighted by Gasteiger charge is -2.39. The van der Waals surface area contributed by atoms with Crippen molar-refractivity contribution in [3.63, 3.8) is 0 Å². The molecular formula is C23H37IN6O. The molecule has 0 bridgehead atoms. The maximum absolute atomic E-state index is 6.01. The first-order valence-electron chi connectivity index (χ1n) is 10.9. The third-order valence-corrected chi connectivity index (χ3v) is 5.63. The summed E-state index contributed by atoms with van der Waals surface area (Å²) in [6, 6.07) is 8.61. The Hall–Kier alpha value is -1.81. The van der Waals surface area contributed by atoms with Crippen LogP contribution < -0.4 is 10.1 Å². The molecule has 1 aromatic carbocycles. The van der Waals surface area contributed by atoms with Crippen LogP contribution in [-0.4, -0.2) is 72.2 Å². The molecule has 1 saturated heterocycles. The topological polar surface area (TPSA) is 57.9 Å². The Labute approximate surface area is 203 Å². The van der Waals surface area contributed by atoms with Crippen molar-refractivity contribution in [3.05, 3.63) is 48.5 Å². The number of aromatic nitrogens is 2. The molecule has 31 heavy (non-hydrogen) atoms. The summed E-state index contributed by atoms with van der Waals surface area (Å²) in [5, 5.41) is 3.48. The maximum atomic E-state index is 6.01. The molecule has 2 unspecified atom stereocenters. The van der Waals surface area contributed by atoms with Gasteiger partial charge in [0.05, 0.1) is 18.9 Å². The molecule has 1 fully saturated rings. The molecule has 172 valence electrons. The van der Waals surface area contributed by atoms with E-state index >= 15 is 0 Å². The van der Waals surface area contributed by atoms with Crippen molar-refractivity contribution < 1.29 is 4.74 Å². The molecular weight excluding hydrogens is 503 g/mol. The van der Waals surface area contributed by atoms with Gasteiger partial charge in [-0.3, -0.25) is 0 Å². The molecule has 2 aromatic rings. The second kappa shape index (κ2) is 12.9. The summed E-state index contributed by atoms with van der Waals surface area (Å²) >= 11 is 0. The lowest BCUT2D eigenvalue weighted by Crippen LogP contribution is -2.49. The molecule has 1 aliphatic heterocycles. The van der Waals surface area contributed by atoms with Gasteiger partial charge in [-0.2, -0.15) is 0 Å². The van der Waals surface area contributed by atoms with E-state index in [0.29, 0.717) is 25.1 Å². The lowest BCUT2D eigenvalue weighted by atomic mass is 9.93. The van der Waals surface area contributed by atoms with Crippen LogP contribution in [0.2, 0.25) is 0 Å². The highest BCUT2D eigenvalue weighted by atomic mass is 127. The van der Waals surface area contributed by atoms with E-state index in [4.69, 9.17) is 9.73 Å². The van der Waals surface area contributed by atoms with Gasteiger partial charge in [0.1, 0.15) is 12.4 Å². The molecule has 1 aliphatic rings. The predicted molar refractivity (Wildman–Crippen MR) is 137 cm³/mol. The fourth-order valence-electron chi connectivity index (χ4n) is 3.79. The van der Waals surface area contributed by atoms with Crippen LogP contribution >= 0.6 is 24.0 Å². The molecule has 0 radical (unpaired) electrons. The minimum atomic E-state index is 0. The van der Waals surface area contributed by atoms with Gasteiger partial charge < -0.3 is 24.4 Å². The zero-order chi connectivity index (χ0) is 21.3. The summed E-state index contributed by atoms with van der Waals surface area (Å²) in [7, 11) is 4.11. The molecule has 1 aromatic heterocycles.